The molecule has 1 aliphatic carbocycles. The first-order chi connectivity index (χ1) is 6.41. The highest BCUT2D eigenvalue weighted by atomic mass is 19.3. The van der Waals surface area contributed by atoms with E-state index < -0.39 is 11.5 Å². The van der Waals surface area contributed by atoms with Crippen molar-refractivity contribution in [2.24, 2.45) is 5.73 Å². The van der Waals surface area contributed by atoms with Gasteiger partial charge in [-0.1, -0.05) is 6.07 Å². The van der Waals surface area contributed by atoms with Crippen molar-refractivity contribution in [2.75, 3.05) is 0 Å². The molecule has 1 saturated carbocycles. The molecule has 0 unspecified atom stereocenters. The molecule has 1 aromatic rings. The summed E-state index contributed by atoms with van der Waals surface area (Å²) in [6.07, 6.45) is 1.06. The molecule has 0 aliphatic heterocycles. The molecule has 76 valence electrons. The molecule has 0 bridgehead atoms. The number of aromatic nitrogens is 1. The second-order valence-corrected chi connectivity index (χ2v) is 4.09. The third-order valence-electron chi connectivity index (χ3n) is 2.57. The molecule has 4 heteroatoms. The Kier molecular flexibility index (Phi) is 1.86. The van der Waals surface area contributed by atoms with Crippen molar-refractivity contribution in [3.63, 3.8) is 0 Å². The molecule has 2 nitrogen and oxygen atoms in total. The Bertz CT molecular complexity index is 338. The van der Waals surface area contributed by atoms with Crippen LogP contribution in [0.15, 0.2) is 18.3 Å². The summed E-state index contributed by atoms with van der Waals surface area (Å²) in [4.78, 5) is 4.08. The summed E-state index contributed by atoms with van der Waals surface area (Å²) in [5.74, 6) is -2.61. The van der Waals surface area contributed by atoms with E-state index in [1.807, 2.05) is 13.0 Å². The number of aryl methyl sites for hydroxylation is 1. The molecule has 2 rings (SSSR count). The minimum absolute atomic E-state index is 0.296. The first kappa shape index (κ1) is 9.52. The van der Waals surface area contributed by atoms with Gasteiger partial charge in [0, 0.05) is 19.0 Å². The zero-order valence-corrected chi connectivity index (χ0v) is 7.93. The van der Waals surface area contributed by atoms with Crippen LogP contribution in [-0.2, 0) is 5.54 Å². The highest BCUT2D eigenvalue weighted by Gasteiger charge is 2.55. The zero-order valence-electron chi connectivity index (χ0n) is 7.93. The van der Waals surface area contributed by atoms with E-state index in [1.54, 1.807) is 12.3 Å². The van der Waals surface area contributed by atoms with Gasteiger partial charge in [-0.25, -0.2) is 8.78 Å². The molecule has 1 aromatic heterocycles. The predicted molar refractivity (Wildman–Crippen MR) is 49.0 cm³/mol. The van der Waals surface area contributed by atoms with Crippen LogP contribution in [0.25, 0.3) is 0 Å². The lowest BCUT2D eigenvalue weighted by Crippen LogP contribution is -2.55. The fraction of sp³-hybridized carbons (Fsp3) is 0.500. The van der Waals surface area contributed by atoms with Crippen LogP contribution in [0.3, 0.4) is 0 Å². The van der Waals surface area contributed by atoms with Crippen LogP contribution >= 0.6 is 0 Å². The van der Waals surface area contributed by atoms with E-state index >= 15 is 0 Å². The van der Waals surface area contributed by atoms with Gasteiger partial charge in [-0.05, 0) is 18.6 Å². The number of alkyl halides is 2. The van der Waals surface area contributed by atoms with Crippen LogP contribution in [-0.4, -0.2) is 10.9 Å². The summed E-state index contributed by atoms with van der Waals surface area (Å²) in [7, 11) is 0. The molecule has 0 radical (unpaired) electrons. The minimum atomic E-state index is -2.61. The third-order valence-corrected chi connectivity index (χ3v) is 2.57. The van der Waals surface area contributed by atoms with E-state index in [0.29, 0.717) is 5.69 Å². The second-order valence-electron chi connectivity index (χ2n) is 4.09. The monoisotopic (exact) mass is 198 g/mol. The number of nitrogens with zero attached hydrogens (tertiary/aromatic N) is 1. The summed E-state index contributed by atoms with van der Waals surface area (Å²) in [5, 5.41) is 0. The van der Waals surface area contributed by atoms with Gasteiger partial charge in [0.2, 0.25) is 0 Å². The molecule has 0 saturated heterocycles. The van der Waals surface area contributed by atoms with E-state index in [-0.39, 0.29) is 12.8 Å². The van der Waals surface area contributed by atoms with E-state index in [9.17, 15) is 8.78 Å². The largest absolute Gasteiger partial charge is 0.320 e. The number of hydrogen-bond acceptors (Lipinski definition) is 2. The van der Waals surface area contributed by atoms with Crippen LogP contribution in [0.1, 0.15) is 24.1 Å². The average Bonchev–Trinajstić information content (AvgIpc) is 2.01. The lowest BCUT2D eigenvalue weighted by Gasteiger charge is -2.43. The second kappa shape index (κ2) is 2.73. The molecule has 14 heavy (non-hydrogen) atoms. The summed E-state index contributed by atoms with van der Waals surface area (Å²) in [5.41, 5.74) is 6.45. The molecular formula is C10H12F2N2. The van der Waals surface area contributed by atoms with E-state index in [1.165, 1.54) is 0 Å². The van der Waals surface area contributed by atoms with Gasteiger partial charge in [-0.15, -0.1) is 0 Å². The molecule has 1 heterocycles. The summed E-state index contributed by atoms with van der Waals surface area (Å²) in [6.45, 7) is 1.90. The van der Waals surface area contributed by atoms with Crippen LogP contribution in [0.5, 0.6) is 0 Å². The van der Waals surface area contributed by atoms with Crippen LogP contribution in [0, 0.1) is 6.92 Å². The molecule has 0 amide bonds. The molecule has 1 aliphatic rings. The van der Waals surface area contributed by atoms with Crippen LogP contribution < -0.4 is 5.73 Å². The first-order valence-electron chi connectivity index (χ1n) is 4.51. The maximum Gasteiger partial charge on any atom is 0.252 e. The van der Waals surface area contributed by atoms with Gasteiger partial charge < -0.3 is 5.73 Å². The Balaban J connectivity index is 2.21. The topological polar surface area (TPSA) is 38.9 Å². The SMILES string of the molecule is Cc1ccc(C2(N)CC(F)(F)C2)nc1. The van der Waals surface area contributed by atoms with Gasteiger partial charge in [0.15, 0.2) is 0 Å². The summed E-state index contributed by atoms with van der Waals surface area (Å²) < 4.78 is 25.4. The number of hydrogen-bond donors (Lipinski definition) is 1. The number of pyridine rings is 1. The lowest BCUT2D eigenvalue weighted by atomic mass is 9.72. The summed E-state index contributed by atoms with van der Waals surface area (Å²) >= 11 is 0. The van der Waals surface area contributed by atoms with Crippen molar-refractivity contribution >= 4 is 0 Å². The van der Waals surface area contributed by atoms with Gasteiger partial charge in [0.25, 0.3) is 5.92 Å². The van der Waals surface area contributed by atoms with Gasteiger partial charge in [0.05, 0.1) is 11.2 Å². The Labute approximate surface area is 81.1 Å². The van der Waals surface area contributed by atoms with Gasteiger partial charge >= 0.3 is 0 Å². The van der Waals surface area contributed by atoms with Crippen molar-refractivity contribution in [3.8, 4) is 0 Å². The van der Waals surface area contributed by atoms with Crippen molar-refractivity contribution < 1.29 is 8.78 Å². The van der Waals surface area contributed by atoms with Gasteiger partial charge in [-0.3, -0.25) is 4.98 Å². The normalized spacial score (nSPS) is 22.9. The predicted octanol–water partition coefficient (Wildman–Crippen LogP) is 1.97. The molecule has 0 atom stereocenters. The highest BCUT2D eigenvalue weighted by Crippen LogP contribution is 2.49. The van der Waals surface area contributed by atoms with Crippen LogP contribution in [0.2, 0.25) is 0 Å². The fourth-order valence-corrected chi connectivity index (χ4v) is 1.81. The maximum absolute atomic E-state index is 12.7. The van der Waals surface area contributed by atoms with Crippen LogP contribution in [0.4, 0.5) is 8.78 Å². The van der Waals surface area contributed by atoms with Crippen molar-refractivity contribution in [1.29, 1.82) is 0 Å². The van der Waals surface area contributed by atoms with E-state index in [0.717, 1.165) is 5.56 Å². The quantitative estimate of drug-likeness (QED) is 0.749. The van der Waals surface area contributed by atoms with Gasteiger partial charge in [-0.2, -0.15) is 0 Å². The van der Waals surface area contributed by atoms with Crippen molar-refractivity contribution in [2.45, 2.75) is 31.2 Å². The number of nitrogens with two attached hydrogens (primary N) is 1. The fourth-order valence-electron chi connectivity index (χ4n) is 1.81. The first-order valence-corrected chi connectivity index (χ1v) is 4.51. The average molecular weight is 198 g/mol. The Morgan fingerprint density at radius 1 is 1.36 bits per heavy atom. The minimum Gasteiger partial charge on any atom is -0.320 e. The molecule has 0 spiro atoms. The molecule has 2 N–H and O–H groups in total. The third kappa shape index (κ3) is 1.50. The Morgan fingerprint density at radius 3 is 2.43 bits per heavy atom. The maximum atomic E-state index is 12.7. The smallest absolute Gasteiger partial charge is 0.252 e. The zero-order chi connectivity index (χ0) is 10.4. The lowest BCUT2D eigenvalue weighted by molar-refractivity contribution is -0.126. The molecular weight excluding hydrogens is 186 g/mol. The molecule has 0 aromatic carbocycles. The Morgan fingerprint density at radius 2 is 2.00 bits per heavy atom. The van der Waals surface area contributed by atoms with E-state index in [4.69, 9.17) is 5.73 Å². The number of halogens is 2. The number of rotatable bonds is 1. The van der Waals surface area contributed by atoms with Crippen molar-refractivity contribution in [3.05, 3.63) is 29.6 Å². The Hall–Kier alpha value is -1.03. The summed E-state index contributed by atoms with van der Waals surface area (Å²) in [6, 6.07) is 3.57. The van der Waals surface area contributed by atoms with E-state index in [2.05, 4.69) is 4.98 Å². The molecule has 1 fully saturated rings. The standard InChI is InChI=1S/C10H12F2N2/c1-7-2-3-8(14-4-7)9(13)5-10(11,12)6-9/h2-4H,5-6,13H2,1H3. The van der Waals surface area contributed by atoms with Gasteiger partial charge in [0.1, 0.15) is 0 Å². The van der Waals surface area contributed by atoms with Crippen molar-refractivity contribution in [1.82, 2.24) is 4.98 Å². The highest BCUT2D eigenvalue weighted by molar-refractivity contribution is 5.24.